The number of benzene rings is 15. The van der Waals surface area contributed by atoms with Crippen molar-refractivity contribution in [2.75, 3.05) is 9.80 Å². The molecule has 0 aliphatic carbocycles. The quantitative estimate of drug-likeness (QED) is 0.152. The van der Waals surface area contributed by atoms with Gasteiger partial charge in [-0.2, -0.15) is 0 Å². The Morgan fingerprint density at radius 2 is 0.676 bits per heavy atom. The van der Waals surface area contributed by atoms with Gasteiger partial charge in [-0.3, -0.25) is 0 Å². The fourth-order valence-electron chi connectivity index (χ4n) is 16.1. The zero-order valence-electron chi connectivity index (χ0n) is 81.5. The lowest BCUT2D eigenvalue weighted by molar-refractivity contribution is 0.569. The van der Waals surface area contributed by atoms with Crippen molar-refractivity contribution in [3.05, 3.63) is 355 Å². The van der Waals surface area contributed by atoms with Crippen LogP contribution in [-0.2, 0) is 10.8 Å². The van der Waals surface area contributed by atoms with Crippen LogP contribution in [0.25, 0.3) is 138 Å². The number of nitrogens with zero attached hydrogens (tertiary/aromatic N) is 5. The van der Waals surface area contributed by atoms with Crippen LogP contribution < -0.4 is 9.80 Å². The molecule has 2 aliphatic heterocycles. The van der Waals surface area contributed by atoms with Crippen LogP contribution in [0.3, 0.4) is 0 Å². The summed E-state index contributed by atoms with van der Waals surface area (Å²) in [5, 5.41) is -0.348. The van der Waals surface area contributed by atoms with E-state index >= 15 is 0 Å². The summed E-state index contributed by atoms with van der Waals surface area (Å²) in [4.78, 5) is 4.05. The van der Waals surface area contributed by atoms with Gasteiger partial charge in [0.15, 0.2) is 11.2 Å². The first-order valence-corrected chi connectivity index (χ1v) is 34.8. The highest BCUT2D eigenvalue weighted by Crippen LogP contribution is 2.63. The van der Waals surface area contributed by atoms with E-state index in [4.69, 9.17) is 12.6 Å². The highest BCUT2D eigenvalue weighted by molar-refractivity contribution is 6.17. The molecule has 6 nitrogen and oxygen atoms in total. The molecule has 6 heterocycles. The van der Waals surface area contributed by atoms with Crippen molar-refractivity contribution < 1.29 is 37.3 Å². The van der Waals surface area contributed by atoms with E-state index in [-0.39, 0.29) is 116 Å². The molecular formula is C99H73N5O. The standard InChI is InChI=1S/C99H73N5O/c1-98(2,3)67-52-66(53-68(57-67)99(4,5)6)63-47-49-80-90(56-63)102(70-54-64(61-27-9-7-10-28-61)51-65(55-70)62-29-11-8-12-30-62)92-59-71(101-84-41-21-15-33-74(84)75-34-16-22-42-85(75)101)60-93-95(92)94(80)81-50-48-69(100-82-39-19-13-31-72(82)73-32-14-20-40-83(73)100)58-91(81)104(93)89-46-26-38-79-78-37-25-45-88(96(78)105-97(79)89)103-86-43-23-17-35-76(86)77-36-18-24-44-87(77)103/h7-60,94H,1-6H3/i13D,14D,15D,16D,17D,18D,19D,20D,21D,22D,23D,24D,31D,32D,33D,34D,35D,36D,39D,40D,41D,42D,43D,44D. The summed E-state index contributed by atoms with van der Waals surface area (Å²) in [6.45, 7) is 13.0. The summed E-state index contributed by atoms with van der Waals surface area (Å²) >= 11 is 0. The van der Waals surface area contributed by atoms with E-state index in [0.717, 1.165) is 50.1 Å². The smallest absolute Gasteiger partial charge is 0.159 e. The van der Waals surface area contributed by atoms with Crippen molar-refractivity contribution in [3.63, 3.8) is 0 Å². The van der Waals surface area contributed by atoms with Crippen molar-refractivity contribution in [2.24, 2.45) is 0 Å². The van der Waals surface area contributed by atoms with E-state index in [1.807, 2.05) is 77.7 Å². The fourth-order valence-corrected chi connectivity index (χ4v) is 16.1. The van der Waals surface area contributed by atoms with Gasteiger partial charge >= 0.3 is 0 Å². The molecular weight excluding hydrogens is 1280 g/mol. The van der Waals surface area contributed by atoms with Gasteiger partial charge in [0.1, 0.15) is 0 Å². The molecule has 2 aliphatic rings. The number of hydrogen-bond donors (Lipinski definition) is 0. The Bertz CT molecular complexity index is 8030. The van der Waals surface area contributed by atoms with E-state index < -0.39 is 151 Å². The molecule has 1 unspecified atom stereocenters. The van der Waals surface area contributed by atoms with Crippen molar-refractivity contribution in [3.8, 4) is 50.4 Å². The molecule has 0 fully saturated rings. The van der Waals surface area contributed by atoms with Crippen LogP contribution in [0, 0.1) is 0 Å². The normalized spacial score (nSPS) is 16.9. The molecule has 0 saturated heterocycles. The Hall–Kier alpha value is -12.9. The van der Waals surface area contributed by atoms with Gasteiger partial charge < -0.3 is 27.9 Å². The van der Waals surface area contributed by atoms with Gasteiger partial charge in [0.25, 0.3) is 0 Å². The molecule has 500 valence electrons. The van der Waals surface area contributed by atoms with Crippen molar-refractivity contribution in [1.82, 2.24) is 13.7 Å². The van der Waals surface area contributed by atoms with Gasteiger partial charge in [-0.25, -0.2) is 0 Å². The second-order valence-corrected chi connectivity index (χ2v) is 29.1. The fraction of sp³-hybridized carbons (Fsp3) is 0.0909. The Balaban J connectivity index is 0.975. The SMILES string of the molecule is [2H]c1c([2H])c([2H])c2c(c1[2H])c1c([2H])c([2H])c([2H])c([2H])c1n2-c1ccc2c(c1)N(c1cccc3c1oc1c(-n4c5c([2H])c([2H])c([2H])c([2H])c5c5c([2H])c([2H])c([2H])c([2H])c54)cccc13)c1cc(-n3c4c([2H])c([2H])c([2H])c([2H])c4c4c([2H])c([2H])c([2H])c([2H])c43)cc3c1C2c1ccc(-c2cc(C(C)(C)C)cc(C(C)(C)C)c2)cc1N3c1cc(-c2ccccc2)cc(-c2ccccc2)c1. The largest absolute Gasteiger partial charge is 0.452 e. The summed E-state index contributed by atoms with van der Waals surface area (Å²) in [6, 6.07) is 43.8. The van der Waals surface area contributed by atoms with Crippen LogP contribution in [-0.4, -0.2) is 13.7 Å². The van der Waals surface area contributed by atoms with Crippen LogP contribution in [0.5, 0.6) is 0 Å². The molecule has 0 N–H and O–H groups in total. The number of para-hydroxylation sites is 8. The van der Waals surface area contributed by atoms with E-state index in [1.54, 1.807) is 54.6 Å². The Morgan fingerprint density at radius 3 is 1.16 bits per heavy atom. The third-order valence-corrected chi connectivity index (χ3v) is 21.0. The molecule has 0 radical (unpaired) electrons. The first-order valence-electron chi connectivity index (χ1n) is 46.8. The number of aromatic nitrogens is 3. The summed E-state index contributed by atoms with van der Waals surface area (Å²) < 4.78 is 240. The molecule has 19 aromatic rings. The molecule has 0 bridgehead atoms. The molecule has 0 amide bonds. The molecule has 105 heavy (non-hydrogen) atoms. The lowest BCUT2D eigenvalue weighted by atomic mass is 9.74. The average molecular weight is 1370 g/mol. The minimum absolute atomic E-state index is 0.0615. The highest BCUT2D eigenvalue weighted by Gasteiger charge is 2.43. The maximum atomic E-state index is 10.2. The van der Waals surface area contributed by atoms with Crippen LogP contribution in [0.2, 0.25) is 0 Å². The monoisotopic (exact) mass is 1370 g/mol. The maximum Gasteiger partial charge on any atom is 0.159 e. The second-order valence-electron chi connectivity index (χ2n) is 29.1. The molecule has 4 aromatic heterocycles. The van der Waals surface area contributed by atoms with Crippen molar-refractivity contribution in [1.29, 1.82) is 0 Å². The van der Waals surface area contributed by atoms with Crippen LogP contribution >= 0.6 is 0 Å². The topological polar surface area (TPSA) is 34.4 Å². The molecule has 21 rings (SSSR count). The Kier molecular flexibility index (Phi) is 8.96. The van der Waals surface area contributed by atoms with Crippen LogP contribution in [0.15, 0.2) is 331 Å². The number of fused-ring (bicyclic) bond motifs is 16. The third-order valence-electron chi connectivity index (χ3n) is 21.0. The third kappa shape index (κ3) is 9.28. The van der Waals surface area contributed by atoms with Crippen LogP contribution in [0.1, 0.15) is 108 Å². The second kappa shape index (κ2) is 22.8. The molecule has 6 heteroatoms. The van der Waals surface area contributed by atoms with Crippen molar-refractivity contribution >= 4 is 121 Å². The first kappa shape index (κ1) is 41.3. The van der Waals surface area contributed by atoms with Gasteiger partial charge in [0.2, 0.25) is 0 Å². The van der Waals surface area contributed by atoms with Gasteiger partial charge in [-0.1, -0.05) is 272 Å². The van der Waals surface area contributed by atoms with Crippen molar-refractivity contribution in [2.45, 2.75) is 58.3 Å². The maximum absolute atomic E-state index is 10.2. The number of anilines is 6. The molecule has 1 atom stereocenters. The zero-order valence-corrected chi connectivity index (χ0v) is 57.5. The number of rotatable bonds is 8. The predicted molar refractivity (Wildman–Crippen MR) is 441 cm³/mol. The summed E-state index contributed by atoms with van der Waals surface area (Å²) in [5.74, 6) is -0.918. The summed E-state index contributed by atoms with van der Waals surface area (Å²) in [5.41, 5.74) is 10.1. The van der Waals surface area contributed by atoms with Gasteiger partial charge in [0, 0.05) is 65.9 Å². The number of hydrogen-bond acceptors (Lipinski definition) is 3. The van der Waals surface area contributed by atoms with E-state index in [0.29, 0.717) is 44.6 Å². The first-order chi connectivity index (χ1) is 61.3. The van der Waals surface area contributed by atoms with Gasteiger partial charge in [0.05, 0.1) is 106 Å². The van der Waals surface area contributed by atoms with E-state index in [9.17, 15) is 24.7 Å². The van der Waals surface area contributed by atoms with Gasteiger partial charge in [-0.05, 0) is 163 Å². The van der Waals surface area contributed by atoms with Gasteiger partial charge in [-0.15, -0.1) is 0 Å². The predicted octanol–water partition coefficient (Wildman–Crippen LogP) is 27.2. The Labute approximate surface area is 643 Å². The minimum atomic E-state index is -0.918. The number of furan rings is 1. The Morgan fingerprint density at radius 1 is 0.276 bits per heavy atom. The van der Waals surface area contributed by atoms with E-state index in [2.05, 4.69) is 101 Å². The molecule has 0 saturated carbocycles. The summed E-state index contributed by atoms with van der Waals surface area (Å²) in [7, 11) is 0. The van der Waals surface area contributed by atoms with Crippen LogP contribution in [0.4, 0.5) is 34.1 Å². The zero-order chi connectivity index (χ0) is 91.0. The van der Waals surface area contributed by atoms with E-state index in [1.165, 1.54) is 13.7 Å². The lowest BCUT2D eigenvalue weighted by Crippen LogP contribution is -2.30. The molecule has 0 spiro atoms. The minimum Gasteiger partial charge on any atom is -0.452 e. The lowest BCUT2D eigenvalue weighted by Gasteiger charge is -2.45. The summed E-state index contributed by atoms with van der Waals surface area (Å²) in [6.07, 6.45) is 0. The average Bonchev–Trinajstić information content (AvgIpc) is 1.57. The highest BCUT2D eigenvalue weighted by atomic mass is 16.3. The molecule has 15 aromatic carbocycles.